The maximum absolute atomic E-state index is 4.71. The van der Waals surface area contributed by atoms with Gasteiger partial charge < -0.3 is 10.2 Å². The molecule has 0 amide bonds. The van der Waals surface area contributed by atoms with Crippen LogP contribution in [0.4, 0.5) is 5.82 Å². The summed E-state index contributed by atoms with van der Waals surface area (Å²) < 4.78 is 0. The summed E-state index contributed by atoms with van der Waals surface area (Å²) in [5.41, 5.74) is 1.14. The Kier molecular flexibility index (Phi) is 5.57. The van der Waals surface area contributed by atoms with E-state index in [2.05, 4.69) is 50.9 Å². The van der Waals surface area contributed by atoms with Gasteiger partial charge in [0.15, 0.2) is 0 Å². The molecule has 1 aromatic heterocycles. The molecule has 2 rings (SSSR count). The van der Waals surface area contributed by atoms with Crippen molar-refractivity contribution in [3.8, 4) is 0 Å². The van der Waals surface area contributed by atoms with Gasteiger partial charge in [-0.1, -0.05) is 34.6 Å². The highest BCUT2D eigenvalue weighted by Gasteiger charge is 2.19. The standard InChI is InChI=1S/C17H30N4/c1-6-21-9-7-14(8-10-21)18-16-11-15(12(2)3)19-17(20-16)13(4)5/h11-14H,6-10H2,1-5H3,(H,18,19,20). The second-order valence-electron chi connectivity index (χ2n) is 6.70. The first-order valence-corrected chi connectivity index (χ1v) is 8.37. The van der Waals surface area contributed by atoms with Gasteiger partial charge in [0.25, 0.3) is 0 Å². The lowest BCUT2D eigenvalue weighted by atomic mass is 10.0. The molecular weight excluding hydrogens is 260 g/mol. The van der Waals surface area contributed by atoms with E-state index >= 15 is 0 Å². The van der Waals surface area contributed by atoms with Gasteiger partial charge in [0.05, 0.1) is 0 Å². The van der Waals surface area contributed by atoms with Crippen molar-refractivity contribution in [3.63, 3.8) is 0 Å². The predicted octanol–water partition coefficient (Wildman–Crippen LogP) is 3.62. The van der Waals surface area contributed by atoms with Crippen molar-refractivity contribution in [2.45, 2.75) is 65.3 Å². The average molecular weight is 290 g/mol. The molecule has 1 aliphatic rings. The van der Waals surface area contributed by atoms with Gasteiger partial charge in [0.1, 0.15) is 11.6 Å². The van der Waals surface area contributed by atoms with Gasteiger partial charge in [-0.2, -0.15) is 0 Å². The summed E-state index contributed by atoms with van der Waals surface area (Å²) in [6, 6.07) is 2.67. The maximum Gasteiger partial charge on any atom is 0.133 e. The minimum absolute atomic E-state index is 0.367. The molecule has 1 aromatic rings. The molecule has 0 atom stereocenters. The first kappa shape index (κ1) is 16.2. The molecular formula is C17H30N4. The molecule has 0 spiro atoms. The zero-order valence-corrected chi connectivity index (χ0v) is 14.2. The number of hydrogen-bond donors (Lipinski definition) is 1. The van der Waals surface area contributed by atoms with Gasteiger partial charge in [-0.25, -0.2) is 9.97 Å². The van der Waals surface area contributed by atoms with E-state index in [1.165, 1.54) is 25.9 Å². The van der Waals surface area contributed by atoms with Crippen molar-refractivity contribution >= 4 is 5.82 Å². The Morgan fingerprint density at radius 3 is 2.33 bits per heavy atom. The van der Waals surface area contributed by atoms with E-state index in [0.717, 1.165) is 23.9 Å². The van der Waals surface area contributed by atoms with Crippen LogP contribution in [-0.4, -0.2) is 40.5 Å². The monoisotopic (exact) mass is 290 g/mol. The molecule has 0 aliphatic carbocycles. The minimum atomic E-state index is 0.367. The van der Waals surface area contributed by atoms with Gasteiger partial charge in [-0.05, 0) is 25.3 Å². The number of rotatable bonds is 5. The molecule has 0 unspecified atom stereocenters. The third kappa shape index (κ3) is 4.40. The second-order valence-corrected chi connectivity index (χ2v) is 6.70. The van der Waals surface area contributed by atoms with Crippen LogP contribution in [0, 0.1) is 0 Å². The summed E-state index contributed by atoms with van der Waals surface area (Å²) in [6.45, 7) is 14.5. The third-order valence-corrected chi connectivity index (χ3v) is 4.26. The Morgan fingerprint density at radius 1 is 1.14 bits per heavy atom. The highest BCUT2D eigenvalue weighted by molar-refractivity contribution is 5.38. The summed E-state index contributed by atoms with van der Waals surface area (Å²) in [7, 11) is 0. The lowest BCUT2D eigenvalue weighted by Gasteiger charge is -2.31. The molecule has 0 saturated carbocycles. The minimum Gasteiger partial charge on any atom is -0.367 e. The Morgan fingerprint density at radius 2 is 1.81 bits per heavy atom. The van der Waals surface area contributed by atoms with Crippen LogP contribution in [0.15, 0.2) is 6.07 Å². The zero-order chi connectivity index (χ0) is 15.4. The molecule has 0 bridgehead atoms. The van der Waals surface area contributed by atoms with Crippen LogP contribution < -0.4 is 5.32 Å². The molecule has 2 heterocycles. The molecule has 1 N–H and O–H groups in total. The lowest BCUT2D eigenvalue weighted by molar-refractivity contribution is 0.229. The topological polar surface area (TPSA) is 41.0 Å². The van der Waals surface area contributed by atoms with Crippen LogP contribution in [-0.2, 0) is 0 Å². The second kappa shape index (κ2) is 7.21. The number of likely N-dealkylation sites (tertiary alicyclic amines) is 1. The molecule has 4 nitrogen and oxygen atoms in total. The van der Waals surface area contributed by atoms with Crippen molar-refractivity contribution in [1.82, 2.24) is 14.9 Å². The fraction of sp³-hybridized carbons (Fsp3) is 0.765. The van der Waals surface area contributed by atoms with Crippen molar-refractivity contribution < 1.29 is 0 Å². The van der Waals surface area contributed by atoms with Crippen LogP contribution in [0.5, 0.6) is 0 Å². The highest BCUT2D eigenvalue weighted by Crippen LogP contribution is 2.21. The van der Waals surface area contributed by atoms with Crippen molar-refractivity contribution in [2.75, 3.05) is 25.0 Å². The van der Waals surface area contributed by atoms with E-state index < -0.39 is 0 Å². The first-order valence-electron chi connectivity index (χ1n) is 8.37. The third-order valence-electron chi connectivity index (χ3n) is 4.26. The number of hydrogen-bond acceptors (Lipinski definition) is 4. The van der Waals surface area contributed by atoms with Crippen molar-refractivity contribution in [2.24, 2.45) is 0 Å². The number of piperidine rings is 1. The predicted molar refractivity (Wildman–Crippen MR) is 89.0 cm³/mol. The molecule has 118 valence electrons. The summed E-state index contributed by atoms with van der Waals surface area (Å²) in [6.07, 6.45) is 2.40. The van der Waals surface area contributed by atoms with Crippen molar-refractivity contribution in [1.29, 1.82) is 0 Å². The van der Waals surface area contributed by atoms with E-state index in [1.54, 1.807) is 0 Å². The van der Waals surface area contributed by atoms with E-state index in [-0.39, 0.29) is 0 Å². The Bertz CT molecular complexity index is 422. The first-order chi connectivity index (χ1) is 9.99. The number of aromatic nitrogens is 2. The number of nitrogens with one attached hydrogen (secondary N) is 1. The van der Waals surface area contributed by atoms with E-state index in [1.807, 2.05) is 0 Å². The fourth-order valence-corrected chi connectivity index (χ4v) is 2.72. The SMILES string of the molecule is CCN1CCC(Nc2cc(C(C)C)nc(C(C)C)n2)CC1. The van der Waals surface area contributed by atoms with Crippen LogP contribution in [0.3, 0.4) is 0 Å². The van der Waals surface area contributed by atoms with Crippen LogP contribution in [0.25, 0.3) is 0 Å². The van der Waals surface area contributed by atoms with E-state index in [9.17, 15) is 0 Å². The Labute approximate surface area is 129 Å². The molecule has 1 fully saturated rings. The maximum atomic E-state index is 4.71. The van der Waals surface area contributed by atoms with E-state index in [4.69, 9.17) is 9.97 Å². The molecule has 0 aromatic carbocycles. The number of nitrogens with zero attached hydrogens (tertiary/aromatic N) is 3. The Hall–Kier alpha value is -1.16. The summed E-state index contributed by atoms with van der Waals surface area (Å²) in [4.78, 5) is 11.9. The summed E-state index contributed by atoms with van der Waals surface area (Å²) >= 11 is 0. The summed E-state index contributed by atoms with van der Waals surface area (Å²) in [5, 5.41) is 3.64. The molecule has 1 aliphatic heterocycles. The molecule has 4 heteroatoms. The summed E-state index contributed by atoms with van der Waals surface area (Å²) in [5.74, 6) is 2.77. The molecule has 0 radical (unpaired) electrons. The van der Waals surface area contributed by atoms with Crippen LogP contribution >= 0.6 is 0 Å². The molecule has 1 saturated heterocycles. The van der Waals surface area contributed by atoms with Crippen LogP contribution in [0.1, 0.15) is 70.8 Å². The number of anilines is 1. The normalized spacial score (nSPS) is 17.7. The zero-order valence-electron chi connectivity index (χ0n) is 14.2. The van der Waals surface area contributed by atoms with E-state index in [0.29, 0.717) is 17.9 Å². The van der Waals surface area contributed by atoms with Crippen molar-refractivity contribution in [3.05, 3.63) is 17.6 Å². The average Bonchev–Trinajstić information content (AvgIpc) is 2.47. The lowest BCUT2D eigenvalue weighted by Crippen LogP contribution is -2.39. The Balaban J connectivity index is 2.08. The quantitative estimate of drug-likeness (QED) is 0.899. The van der Waals surface area contributed by atoms with Gasteiger partial charge in [-0.15, -0.1) is 0 Å². The largest absolute Gasteiger partial charge is 0.367 e. The van der Waals surface area contributed by atoms with Gasteiger partial charge in [0, 0.05) is 36.8 Å². The highest BCUT2D eigenvalue weighted by atomic mass is 15.1. The van der Waals surface area contributed by atoms with Gasteiger partial charge in [-0.3, -0.25) is 0 Å². The van der Waals surface area contributed by atoms with Gasteiger partial charge in [0.2, 0.25) is 0 Å². The molecule has 21 heavy (non-hydrogen) atoms. The van der Waals surface area contributed by atoms with Crippen LogP contribution in [0.2, 0.25) is 0 Å². The van der Waals surface area contributed by atoms with Gasteiger partial charge >= 0.3 is 0 Å². The smallest absolute Gasteiger partial charge is 0.133 e. The fourth-order valence-electron chi connectivity index (χ4n) is 2.72.